The van der Waals surface area contributed by atoms with Crippen molar-refractivity contribution in [3.05, 3.63) is 24.0 Å². The van der Waals surface area contributed by atoms with Crippen LogP contribution in [0.3, 0.4) is 0 Å². The van der Waals surface area contributed by atoms with Crippen LogP contribution in [0.2, 0.25) is 0 Å². The van der Waals surface area contributed by atoms with Gasteiger partial charge in [-0.05, 0) is 6.92 Å². The average molecular weight is 412 g/mol. The van der Waals surface area contributed by atoms with Crippen molar-refractivity contribution in [1.29, 1.82) is 0 Å². The largest absolute Gasteiger partial charge is 0.469 e. The lowest BCUT2D eigenvalue weighted by Crippen LogP contribution is -2.29. The summed E-state index contributed by atoms with van der Waals surface area (Å²) in [5.74, 6) is -1.29. The Morgan fingerprint density at radius 2 is 1.79 bits per heavy atom. The van der Waals surface area contributed by atoms with Crippen molar-refractivity contribution in [3.63, 3.8) is 0 Å². The summed E-state index contributed by atoms with van der Waals surface area (Å²) >= 11 is 0. The summed E-state index contributed by atoms with van der Waals surface area (Å²) in [6.45, 7) is 5.96. The molecule has 0 aliphatic rings. The van der Waals surface area contributed by atoms with Gasteiger partial charge < -0.3 is 19.3 Å². The molecule has 1 N–H and O–H groups in total. The number of esters is 3. The second-order valence-electron chi connectivity index (χ2n) is 6.39. The molecule has 1 aromatic heterocycles. The highest BCUT2D eigenvalue weighted by Crippen LogP contribution is 2.05. The zero-order chi connectivity index (χ0) is 21.8. The first-order valence-corrected chi connectivity index (χ1v) is 9.00. The lowest BCUT2D eigenvalue weighted by molar-refractivity contribution is -0.142. The molecule has 0 bridgehead atoms. The van der Waals surface area contributed by atoms with Crippen molar-refractivity contribution in [1.82, 2.24) is 19.9 Å². The molecular weight excluding hydrogens is 384 g/mol. The third-order valence-corrected chi connectivity index (χ3v) is 3.84. The van der Waals surface area contributed by atoms with E-state index in [1.165, 1.54) is 25.8 Å². The second kappa shape index (κ2) is 12.6. The van der Waals surface area contributed by atoms with Crippen molar-refractivity contribution >= 4 is 17.9 Å². The molecule has 11 nitrogen and oxygen atoms in total. The quantitative estimate of drug-likeness (QED) is 0.261. The molecule has 0 aromatic carbocycles. The first-order chi connectivity index (χ1) is 13.7. The number of aliphatic hydroxyl groups is 1. The number of carbonyl (C=O) groups excluding carboxylic acids is 3. The lowest BCUT2D eigenvalue weighted by Gasteiger charge is -2.19. The monoisotopic (exact) mass is 412 g/mol. The van der Waals surface area contributed by atoms with E-state index < -0.39 is 12.1 Å². The molecule has 0 amide bonds. The predicted molar refractivity (Wildman–Crippen MR) is 100 cm³/mol. The predicted octanol–water partition coefficient (Wildman–Crippen LogP) is -0.313. The molecular formula is C18H28N4O7. The highest BCUT2D eigenvalue weighted by atomic mass is 16.5. The van der Waals surface area contributed by atoms with Gasteiger partial charge in [0.1, 0.15) is 12.7 Å². The lowest BCUT2D eigenvalue weighted by atomic mass is 10.3. The SMILES string of the molecule is C=C(C)C(=O)OCC(O)Cn1cc(CN(CCC(=O)OC)CCC(=O)OC)nn1. The number of ether oxygens (including phenoxy) is 3. The molecule has 1 heterocycles. The van der Waals surface area contributed by atoms with Gasteiger partial charge in [-0.3, -0.25) is 14.5 Å². The van der Waals surface area contributed by atoms with Crippen LogP contribution in [-0.2, 0) is 41.7 Å². The smallest absolute Gasteiger partial charge is 0.333 e. The molecule has 162 valence electrons. The fourth-order valence-corrected chi connectivity index (χ4v) is 2.27. The summed E-state index contributed by atoms with van der Waals surface area (Å²) in [6.07, 6.45) is 1.01. The van der Waals surface area contributed by atoms with E-state index in [2.05, 4.69) is 26.4 Å². The topological polar surface area (TPSA) is 133 Å². The van der Waals surface area contributed by atoms with Crippen LogP contribution in [0.1, 0.15) is 25.5 Å². The van der Waals surface area contributed by atoms with Gasteiger partial charge in [0.2, 0.25) is 0 Å². The van der Waals surface area contributed by atoms with Crippen LogP contribution in [-0.4, -0.2) is 82.9 Å². The maximum atomic E-state index is 11.4. The van der Waals surface area contributed by atoms with Gasteiger partial charge in [-0.25, -0.2) is 9.48 Å². The molecule has 0 fully saturated rings. The normalized spacial score (nSPS) is 11.8. The van der Waals surface area contributed by atoms with Gasteiger partial charge in [0, 0.05) is 31.4 Å². The van der Waals surface area contributed by atoms with Crippen LogP contribution in [0.4, 0.5) is 0 Å². The van der Waals surface area contributed by atoms with Crippen molar-refractivity contribution in [3.8, 4) is 0 Å². The van der Waals surface area contributed by atoms with Gasteiger partial charge in [0.15, 0.2) is 0 Å². The molecule has 0 radical (unpaired) electrons. The first-order valence-electron chi connectivity index (χ1n) is 9.00. The van der Waals surface area contributed by atoms with Crippen LogP contribution >= 0.6 is 0 Å². The Bertz CT molecular complexity index is 684. The van der Waals surface area contributed by atoms with Crippen molar-refractivity contribution in [2.75, 3.05) is 33.9 Å². The fraction of sp³-hybridized carbons (Fsp3) is 0.611. The summed E-state index contributed by atoms with van der Waals surface area (Å²) in [4.78, 5) is 36.0. The van der Waals surface area contributed by atoms with Crippen LogP contribution in [0, 0.1) is 0 Å². The Kier molecular flexibility index (Phi) is 10.6. The Labute approximate surface area is 169 Å². The van der Waals surface area contributed by atoms with E-state index in [1.54, 1.807) is 6.20 Å². The van der Waals surface area contributed by atoms with Gasteiger partial charge in [-0.15, -0.1) is 5.10 Å². The minimum Gasteiger partial charge on any atom is -0.469 e. The fourth-order valence-electron chi connectivity index (χ4n) is 2.27. The maximum Gasteiger partial charge on any atom is 0.333 e. The summed E-state index contributed by atoms with van der Waals surface area (Å²) in [7, 11) is 2.62. The molecule has 0 aliphatic heterocycles. The average Bonchev–Trinajstić information content (AvgIpc) is 3.13. The molecule has 1 atom stereocenters. The summed E-state index contributed by atoms with van der Waals surface area (Å²) in [5, 5.41) is 17.9. The minimum atomic E-state index is -0.956. The number of nitrogens with zero attached hydrogens (tertiary/aromatic N) is 4. The van der Waals surface area contributed by atoms with Crippen molar-refractivity contribution in [2.45, 2.75) is 39.0 Å². The third kappa shape index (κ3) is 9.81. The minimum absolute atomic E-state index is 0.0841. The molecule has 0 aliphatic carbocycles. The molecule has 1 rings (SSSR count). The van der Waals surface area contributed by atoms with Gasteiger partial charge in [-0.1, -0.05) is 11.8 Å². The van der Waals surface area contributed by atoms with Gasteiger partial charge in [0.25, 0.3) is 0 Å². The molecule has 1 aromatic rings. The molecule has 11 heteroatoms. The van der Waals surface area contributed by atoms with Gasteiger partial charge >= 0.3 is 17.9 Å². The number of hydrogen-bond donors (Lipinski definition) is 1. The summed E-state index contributed by atoms with van der Waals surface area (Å²) in [6, 6.07) is 0. The first kappa shape index (κ1) is 24.2. The van der Waals surface area contributed by atoms with Crippen molar-refractivity contribution < 1.29 is 33.7 Å². The summed E-state index contributed by atoms with van der Waals surface area (Å²) in [5.41, 5.74) is 0.838. The van der Waals surface area contributed by atoms with E-state index in [0.717, 1.165) is 0 Å². The number of aliphatic hydroxyl groups excluding tert-OH is 1. The Morgan fingerprint density at radius 1 is 1.21 bits per heavy atom. The zero-order valence-electron chi connectivity index (χ0n) is 17.0. The van der Waals surface area contributed by atoms with E-state index >= 15 is 0 Å². The second-order valence-corrected chi connectivity index (χ2v) is 6.39. The van der Waals surface area contributed by atoms with Crippen LogP contribution in [0.15, 0.2) is 18.3 Å². The zero-order valence-corrected chi connectivity index (χ0v) is 17.0. The van der Waals surface area contributed by atoms with Crippen LogP contribution in [0.5, 0.6) is 0 Å². The number of rotatable bonds is 13. The highest BCUT2D eigenvalue weighted by Gasteiger charge is 2.15. The third-order valence-electron chi connectivity index (χ3n) is 3.84. The number of carbonyl (C=O) groups is 3. The molecule has 0 saturated carbocycles. The van der Waals surface area contributed by atoms with Gasteiger partial charge in [-0.2, -0.15) is 0 Å². The highest BCUT2D eigenvalue weighted by molar-refractivity contribution is 5.86. The van der Waals surface area contributed by atoms with Crippen LogP contribution in [0.25, 0.3) is 0 Å². The van der Waals surface area contributed by atoms with E-state index in [-0.39, 0.29) is 43.5 Å². The molecule has 29 heavy (non-hydrogen) atoms. The number of hydrogen-bond acceptors (Lipinski definition) is 10. The molecule has 0 spiro atoms. The summed E-state index contributed by atoms with van der Waals surface area (Å²) < 4.78 is 15.6. The van der Waals surface area contributed by atoms with E-state index in [0.29, 0.717) is 25.3 Å². The Morgan fingerprint density at radius 3 is 2.31 bits per heavy atom. The number of aromatic nitrogens is 3. The van der Waals surface area contributed by atoms with Gasteiger partial charge in [0.05, 0.1) is 39.3 Å². The van der Waals surface area contributed by atoms with E-state index in [1.807, 2.05) is 4.90 Å². The Balaban J connectivity index is 2.59. The number of methoxy groups -OCH3 is 2. The maximum absolute atomic E-state index is 11.4. The van der Waals surface area contributed by atoms with E-state index in [4.69, 9.17) is 4.74 Å². The van der Waals surface area contributed by atoms with Crippen LogP contribution < -0.4 is 0 Å². The standard InChI is InChI=1S/C18H28N4O7/c1-13(2)18(26)29-12-15(23)11-22-10-14(19-20-22)9-21(7-5-16(24)27-3)8-6-17(25)28-4/h10,15,23H,1,5-9,11-12H2,2-4H3. The van der Waals surface area contributed by atoms with E-state index in [9.17, 15) is 19.5 Å². The Hall–Kier alpha value is -2.79. The molecule has 0 saturated heterocycles. The van der Waals surface area contributed by atoms with Crippen molar-refractivity contribution in [2.24, 2.45) is 0 Å². The molecule has 1 unspecified atom stereocenters.